The first-order valence-corrected chi connectivity index (χ1v) is 8.66. The summed E-state index contributed by atoms with van der Waals surface area (Å²) in [5.41, 5.74) is 0.0273. The monoisotopic (exact) mass is 421 g/mol. The van der Waals surface area contributed by atoms with E-state index in [-0.39, 0.29) is 23.6 Å². The molecule has 12 heteroatoms. The number of hydrogen-bond donors (Lipinski definition) is 3. The number of urea groups is 1. The molecule has 30 heavy (non-hydrogen) atoms. The largest absolute Gasteiger partial charge is 0.416 e. The van der Waals surface area contributed by atoms with E-state index < -0.39 is 23.7 Å². The van der Waals surface area contributed by atoms with E-state index in [1.165, 1.54) is 30.1 Å². The van der Waals surface area contributed by atoms with E-state index in [4.69, 9.17) is 0 Å². The zero-order valence-electron chi connectivity index (χ0n) is 16.0. The van der Waals surface area contributed by atoms with Gasteiger partial charge in [-0.1, -0.05) is 6.07 Å². The number of benzene rings is 1. The molecule has 0 spiro atoms. The first kappa shape index (κ1) is 20.9. The molecule has 158 valence electrons. The van der Waals surface area contributed by atoms with Crippen LogP contribution in [0.2, 0.25) is 0 Å². The highest BCUT2D eigenvalue weighted by Gasteiger charge is 2.30. The van der Waals surface area contributed by atoms with E-state index in [0.29, 0.717) is 0 Å². The first-order valence-electron chi connectivity index (χ1n) is 8.66. The van der Waals surface area contributed by atoms with E-state index >= 15 is 0 Å². The maximum atomic E-state index is 12.8. The Balaban J connectivity index is 1.67. The lowest BCUT2D eigenvalue weighted by Gasteiger charge is -2.11. The molecule has 9 nitrogen and oxygen atoms in total. The van der Waals surface area contributed by atoms with E-state index in [1.807, 2.05) is 0 Å². The summed E-state index contributed by atoms with van der Waals surface area (Å²) < 4.78 is 41.3. The minimum absolute atomic E-state index is 0.0474. The van der Waals surface area contributed by atoms with Gasteiger partial charge in [-0.15, -0.1) is 0 Å². The second kappa shape index (κ2) is 8.27. The van der Waals surface area contributed by atoms with Crippen LogP contribution in [0.15, 0.2) is 42.9 Å². The van der Waals surface area contributed by atoms with Crippen LogP contribution in [0.5, 0.6) is 0 Å². The van der Waals surface area contributed by atoms with Crippen molar-refractivity contribution in [3.63, 3.8) is 0 Å². The Morgan fingerprint density at radius 3 is 2.53 bits per heavy atom. The molecule has 3 amide bonds. The molecule has 3 N–H and O–H groups in total. The fraction of sp³-hybridized carbons (Fsp3) is 0.222. The quantitative estimate of drug-likeness (QED) is 0.589. The highest BCUT2D eigenvalue weighted by atomic mass is 19.4. The highest BCUT2D eigenvalue weighted by Crippen LogP contribution is 2.30. The summed E-state index contributed by atoms with van der Waals surface area (Å²) in [6, 6.07) is 3.39. The van der Waals surface area contributed by atoms with Gasteiger partial charge in [-0.05, 0) is 18.2 Å². The van der Waals surface area contributed by atoms with Gasteiger partial charge in [-0.2, -0.15) is 23.4 Å². The normalized spacial score (nSPS) is 11.2. The van der Waals surface area contributed by atoms with Crippen LogP contribution < -0.4 is 16.0 Å². The van der Waals surface area contributed by atoms with Crippen molar-refractivity contribution in [1.82, 2.24) is 24.9 Å². The Labute approximate surface area is 168 Å². The highest BCUT2D eigenvalue weighted by molar-refractivity contribution is 6.05. The van der Waals surface area contributed by atoms with Gasteiger partial charge in [0.05, 0.1) is 23.6 Å². The molecule has 2 aromatic heterocycles. The first-order chi connectivity index (χ1) is 14.1. The second-order valence-corrected chi connectivity index (χ2v) is 6.39. The zero-order valence-corrected chi connectivity index (χ0v) is 16.0. The molecule has 0 aliphatic heterocycles. The molecule has 0 aliphatic carbocycles. The SMILES string of the molecule is Cn1cc(CNC(=O)c2c(NC(=O)Nc3cccc(C(F)(F)F)c3)cnn2C)cn1. The van der Waals surface area contributed by atoms with Crippen LogP contribution in [0.3, 0.4) is 0 Å². The van der Waals surface area contributed by atoms with Crippen LogP contribution in [0.25, 0.3) is 0 Å². The van der Waals surface area contributed by atoms with E-state index in [9.17, 15) is 22.8 Å². The molecule has 0 unspecified atom stereocenters. The van der Waals surface area contributed by atoms with Crippen molar-refractivity contribution in [1.29, 1.82) is 0 Å². The zero-order chi connectivity index (χ0) is 21.9. The summed E-state index contributed by atoms with van der Waals surface area (Å²) in [4.78, 5) is 24.8. The van der Waals surface area contributed by atoms with Crippen LogP contribution in [0.4, 0.5) is 29.3 Å². The number of alkyl halides is 3. The van der Waals surface area contributed by atoms with E-state index in [1.54, 1.807) is 24.1 Å². The summed E-state index contributed by atoms with van der Waals surface area (Å²) in [5, 5.41) is 15.4. The van der Waals surface area contributed by atoms with Crippen molar-refractivity contribution in [2.24, 2.45) is 14.1 Å². The van der Waals surface area contributed by atoms with Crippen molar-refractivity contribution in [3.8, 4) is 0 Å². The molecule has 0 atom stereocenters. The predicted octanol–water partition coefficient (Wildman–Crippen LogP) is 2.75. The Bertz CT molecular complexity index is 1070. The lowest BCUT2D eigenvalue weighted by atomic mass is 10.2. The predicted molar refractivity (Wildman–Crippen MR) is 102 cm³/mol. The lowest BCUT2D eigenvalue weighted by molar-refractivity contribution is -0.137. The van der Waals surface area contributed by atoms with Gasteiger partial charge >= 0.3 is 12.2 Å². The van der Waals surface area contributed by atoms with Crippen molar-refractivity contribution in [3.05, 3.63) is 59.7 Å². The third-order valence-corrected chi connectivity index (χ3v) is 4.06. The van der Waals surface area contributed by atoms with E-state index in [2.05, 4.69) is 26.1 Å². The minimum atomic E-state index is -4.53. The molecule has 0 saturated heterocycles. The molecule has 0 aliphatic rings. The van der Waals surface area contributed by atoms with Crippen LogP contribution in [0, 0.1) is 0 Å². The van der Waals surface area contributed by atoms with Crippen LogP contribution in [-0.4, -0.2) is 31.5 Å². The number of rotatable bonds is 5. The Morgan fingerprint density at radius 1 is 1.10 bits per heavy atom. The summed E-state index contributed by atoms with van der Waals surface area (Å²) in [5.74, 6) is -0.492. The number of aryl methyl sites for hydroxylation is 2. The number of amides is 3. The summed E-state index contributed by atoms with van der Waals surface area (Å²) in [7, 11) is 3.27. The van der Waals surface area contributed by atoms with Crippen molar-refractivity contribution < 1.29 is 22.8 Å². The van der Waals surface area contributed by atoms with Gasteiger partial charge in [0, 0.05) is 38.1 Å². The molecule has 0 saturated carbocycles. The van der Waals surface area contributed by atoms with Crippen molar-refractivity contribution in [2.75, 3.05) is 10.6 Å². The molecule has 2 heterocycles. The minimum Gasteiger partial charge on any atom is -0.346 e. The molecule has 0 bridgehead atoms. The standard InChI is InChI=1S/C18H18F3N7O2/c1-27-10-11(8-23-27)7-22-16(29)15-14(9-24-28(15)2)26-17(30)25-13-5-3-4-12(6-13)18(19,20)21/h3-6,8-10H,7H2,1-2H3,(H,22,29)(H2,25,26,30). The maximum absolute atomic E-state index is 12.8. The average Bonchev–Trinajstić information content (AvgIpc) is 3.24. The second-order valence-electron chi connectivity index (χ2n) is 6.39. The van der Waals surface area contributed by atoms with Crippen molar-refractivity contribution in [2.45, 2.75) is 12.7 Å². The van der Waals surface area contributed by atoms with Gasteiger partial charge in [0.1, 0.15) is 5.69 Å². The fourth-order valence-electron chi connectivity index (χ4n) is 2.69. The Kier molecular flexibility index (Phi) is 5.76. The van der Waals surface area contributed by atoms with Crippen LogP contribution in [0.1, 0.15) is 21.6 Å². The van der Waals surface area contributed by atoms with Gasteiger partial charge in [-0.3, -0.25) is 14.2 Å². The fourth-order valence-corrected chi connectivity index (χ4v) is 2.69. The Hall–Kier alpha value is -3.83. The third kappa shape index (κ3) is 4.96. The van der Waals surface area contributed by atoms with Crippen LogP contribution in [-0.2, 0) is 26.8 Å². The van der Waals surface area contributed by atoms with Gasteiger partial charge in [0.2, 0.25) is 0 Å². The lowest BCUT2D eigenvalue weighted by Crippen LogP contribution is -2.27. The number of anilines is 2. The number of halogens is 3. The smallest absolute Gasteiger partial charge is 0.346 e. The number of hydrogen-bond acceptors (Lipinski definition) is 4. The molecule has 1 aromatic carbocycles. The molecular weight excluding hydrogens is 403 g/mol. The Morgan fingerprint density at radius 2 is 1.87 bits per heavy atom. The van der Waals surface area contributed by atoms with Gasteiger partial charge in [-0.25, -0.2) is 4.79 Å². The molecule has 3 rings (SSSR count). The number of carbonyl (C=O) groups excluding carboxylic acids is 2. The molecular formula is C18H18F3N7O2. The number of nitrogens with one attached hydrogen (secondary N) is 3. The van der Waals surface area contributed by atoms with Crippen molar-refractivity contribution >= 4 is 23.3 Å². The summed E-state index contributed by atoms with van der Waals surface area (Å²) >= 11 is 0. The van der Waals surface area contributed by atoms with Gasteiger partial charge < -0.3 is 16.0 Å². The summed E-state index contributed by atoms with van der Waals surface area (Å²) in [6.07, 6.45) is 0.0815. The average molecular weight is 421 g/mol. The number of aromatic nitrogens is 4. The summed E-state index contributed by atoms with van der Waals surface area (Å²) in [6.45, 7) is 0.216. The third-order valence-electron chi connectivity index (χ3n) is 4.06. The maximum Gasteiger partial charge on any atom is 0.416 e. The van der Waals surface area contributed by atoms with E-state index in [0.717, 1.165) is 17.7 Å². The number of nitrogens with zero attached hydrogens (tertiary/aromatic N) is 4. The van der Waals surface area contributed by atoms with Gasteiger partial charge in [0.25, 0.3) is 5.91 Å². The topological polar surface area (TPSA) is 106 Å². The van der Waals surface area contributed by atoms with Crippen LogP contribution >= 0.6 is 0 Å². The number of carbonyl (C=O) groups is 2. The molecule has 3 aromatic rings. The molecule has 0 fully saturated rings. The van der Waals surface area contributed by atoms with Gasteiger partial charge in [0.15, 0.2) is 0 Å². The molecule has 0 radical (unpaired) electrons.